The molecule has 3 aliphatic rings. The average Bonchev–Trinajstić information content (AvgIpc) is 2.17. The first-order valence-corrected chi connectivity index (χ1v) is 4.62. The van der Waals surface area contributed by atoms with E-state index >= 15 is 0 Å². The summed E-state index contributed by atoms with van der Waals surface area (Å²) in [7, 11) is 0. The van der Waals surface area contributed by atoms with Crippen molar-refractivity contribution < 1.29 is 4.79 Å². The fourth-order valence-corrected chi connectivity index (χ4v) is 2.67. The number of hydrogen-bond acceptors (Lipinski definition) is 1. The molecule has 3 saturated carbocycles. The number of carbonyl (C=O) groups is 1. The summed E-state index contributed by atoms with van der Waals surface area (Å²) < 4.78 is 0. The van der Waals surface area contributed by atoms with Crippen molar-refractivity contribution in [3.05, 3.63) is 0 Å². The van der Waals surface area contributed by atoms with Gasteiger partial charge in [-0.1, -0.05) is 13.8 Å². The van der Waals surface area contributed by atoms with Gasteiger partial charge >= 0.3 is 0 Å². The van der Waals surface area contributed by atoms with E-state index in [2.05, 4.69) is 13.8 Å². The van der Waals surface area contributed by atoms with Gasteiger partial charge in [0, 0.05) is 12.8 Å². The molecule has 0 amide bonds. The van der Waals surface area contributed by atoms with E-state index in [9.17, 15) is 4.79 Å². The molecule has 0 radical (unpaired) electrons. The third kappa shape index (κ3) is 0.935. The van der Waals surface area contributed by atoms with Gasteiger partial charge < -0.3 is 0 Å². The maximum Gasteiger partial charge on any atom is 0.133 e. The molecule has 1 heteroatoms. The Balaban J connectivity index is 2.17. The summed E-state index contributed by atoms with van der Waals surface area (Å²) in [5.41, 5.74) is 0.478. The minimum atomic E-state index is 0.478. The van der Waals surface area contributed by atoms with Crippen molar-refractivity contribution in [1.29, 1.82) is 0 Å². The lowest BCUT2D eigenvalue weighted by atomic mass is 9.54. The van der Waals surface area contributed by atoms with Crippen LogP contribution in [-0.4, -0.2) is 5.78 Å². The number of carbonyl (C=O) groups excluding carboxylic acids is 1. The van der Waals surface area contributed by atoms with Crippen molar-refractivity contribution in [2.45, 2.75) is 39.5 Å². The lowest BCUT2D eigenvalue weighted by Crippen LogP contribution is -2.43. The van der Waals surface area contributed by atoms with E-state index in [0.29, 0.717) is 17.1 Å². The van der Waals surface area contributed by atoms with Gasteiger partial charge in [0.15, 0.2) is 0 Å². The van der Waals surface area contributed by atoms with Gasteiger partial charge in [0.05, 0.1) is 0 Å². The number of rotatable bonds is 0. The maximum absolute atomic E-state index is 11.2. The zero-order chi connectivity index (χ0) is 8.06. The Hall–Kier alpha value is -0.330. The predicted octanol–water partition coefficient (Wildman–Crippen LogP) is 2.40. The summed E-state index contributed by atoms with van der Waals surface area (Å²) in [6.45, 7) is 4.65. The monoisotopic (exact) mass is 152 g/mol. The highest BCUT2D eigenvalue weighted by atomic mass is 16.1. The molecule has 0 aromatic carbocycles. The second kappa shape index (κ2) is 2.09. The van der Waals surface area contributed by atoms with E-state index in [-0.39, 0.29) is 0 Å². The SMILES string of the molecule is CC1(C)C2CCC(=O)CC1C2. The minimum absolute atomic E-state index is 0.478. The van der Waals surface area contributed by atoms with Gasteiger partial charge in [-0.05, 0) is 30.1 Å². The molecular formula is C10H16O. The van der Waals surface area contributed by atoms with Crippen LogP contribution in [-0.2, 0) is 4.79 Å². The Morgan fingerprint density at radius 2 is 2.09 bits per heavy atom. The molecule has 0 spiro atoms. The van der Waals surface area contributed by atoms with Crippen LogP contribution >= 0.6 is 0 Å². The molecule has 2 atom stereocenters. The number of Topliss-reactive ketones (excluding diaryl/α,β-unsaturated/α-hetero) is 1. The van der Waals surface area contributed by atoms with Crippen LogP contribution in [0.25, 0.3) is 0 Å². The van der Waals surface area contributed by atoms with Crippen molar-refractivity contribution >= 4 is 5.78 Å². The van der Waals surface area contributed by atoms with Gasteiger partial charge in [-0.3, -0.25) is 4.79 Å². The van der Waals surface area contributed by atoms with Gasteiger partial charge in [-0.25, -0.2) is 0 Å². The number of hydrogen-bond donors (Lipinski definition) is 0. The van der Waals surface area contributed by atoms with Crippen LogP contribution in [0.1, 0.15) is 39.5 Å². The first kappa shape index (κ1) is 7.33. The van der Waals surface area contributed by atoms with Gasteiger partial charge in [0.2, 0.25) is 0 Å². The van der Waals surface area contributed by atoms with E-state index in [1.54, 1.807) is 0 Å². The summed E-state index contributed by atoms with van der Waals surface area (Å²) in [6, 6.07) is 0. The molecule has 1 nitrogen and oxygen atoms in total. The van der Waals surface area contributed by atoms with Crippen molar-refractivity contribution in [2.75, 3.05) is 0 Å². The van der Waals surface area contributed by atoms with Crippen LogP contribution in [0, 0.1) is 17.3 Å². The van der Waals surface area contributed by atoms with E-state index in [0.717, 1.165) is 25.2 Å². The Morgan fingerprint density at radius 1 is 1.36 bits per heavy atom. The fraction of sp³-hybridized carbons (Fsp3) is 0.900. The smallest absolute Gasteiger partial charge is 0.133 e. The lowest BCUT2D eigenvalue weighted by Gasteiger charge is -2.50. The largest absolute Gasteiger partial charge is 0.300 e. The molecule has 2 unspecified atom stereocenters. The van der Waals surface area contributed by atoms with Crippen LogP contribution in [0.2, 0.25) is 0 Å². The van der Waals surface area contributed by atoms with Crippen molar-refractivity contribution in [3.63, 3.8) is 0 Å². The Bertz CT molecular complexity index is 193. The molecule has 3 fully saturated rings. The summed E-state index contributed by atoms with van der Waals surface area (Å²) in [5.74, 6) is 2.06. The molecule has 0 heterocycles. The molecule has 62 valence electrons. The molecule has 3 rings (SSSR count). The third-order valence-corrected chi connectivity index (χ3v) is 3.92. The van der Waals surface area contributed by atoms with Crippen molar-refractivity contribution in [1.82, 2.24) is 0 Å². The zero-order valence-corrected chi connectivity index (χ0v) is 7.39. The highest BCUT2D eigenvalue weighted by Gasteiger charge is 2.49. The predicted molar refractivity (Wildman–Crippen MR) is 44.2 cm³/mol. The number of fused-ring (bicyclic) bond motifs is 3. The molecule has 0 aliphatic heterocycles. The highest BCUT2D eigenvalue weighted by Crippen LogP contribution is 2.56. The van der Waals surface area contributed by atoms with E-state index in [1.165, 1.54) is 6.42 Å². The minimum Gasteiger partial charge on any atom is -0.300 e. The Morgan fingerprint density at radius 3 is 2.73 bits per heavy atom. The molecule has 0 saturated heterocycles. The summed E-state index contributed by atoms with van der Waals surface area (Å²) in [5, 5.41) is 0. The van der Waals surface area contributed by atoms with Crippen LogP contribution in [0.15, 0.2) is 0 Å². The van der Waals surface area contributed by atoms with E-state index in [1.807, 2.05) is 0 Å². The second-order valence-corrected chi connectivity index (χ2v) is 4.73. The summed E-state index contributed by atoms with van der Waals surface area (Å²) in [6.07, 6.45) is 4.19. The quantitative estimate of drug-likeness (QED) is 0.521. The second-order valence-electron chi connectivity index (χ2n) is 4.73. The van der Waals surface area contributed by atoms with E-state index < -0.39 is 0 Å². The van der Waals surface area contributed by atoms with Crippen LogP contribution in [0.5, 0.6) is 0 Å². The summed E-state index contributed by atoms with van der Waals surface area (Å²) in [4.78, 5) is 11.2. The van der Waals surface area contributed by atoms with E-state index in [4.69, 9.17) is 0 Å². The molecule has 11 heavy (non-hydrogen) atoms. The molecule has 2 bridgehead atoms. The van der Waals surface area contributed by atoms with Crippen molar-refractivity contribution in [2.24, 2.45) is 17.3 Å². The third-order valence-electron chi connectivity index (χ3n) is 3.92. The Labute approximate surface area is 68.2 Å². The fourth-order valence-electron chi connectivity index (χ4n) is 2.67. The van der Waals surface area contributed by atoms with Crippen LogP contribution in [0.3, 0.4) is 0 Å². The lowest BCUT2D eigenvalue weighted by molar-refractivity contribution is -0.120. The topological polar surface area (TPSA) is 17.1 Å². The molecule has 3 aliphatic carbocycles. The first-order valence-electron chi connectivity index (χ1n) is 4.62. The zero-order valence-electron chi connectivity index (χ0n) is 7.39. The van der Waals surface area contributed by atoms with Crippen LogP contribution < -0.4 is 0 Å². The molecule has 0 aromatic heterocycles. The number of ketones is 1. The van der Waals surface area contributed by atoms with Crippen LogP contribution in [0.4, 0.5) is 0 Å². The van der Waals surface area contributed by atoms with Gasteiger partial charge in [0.25, 0.3) is 0 Å². The molecule has 0 aromatic rings. The average molecular weight is 152 g/mol. The van der Waals surface area contributed by atoms with Gasteiger partial charge in [0.1, 0.15) is 5.78 Å². The van der Waals surface area contributed by atoms with Gasteiger partial charge in [-0.2, -0.15) is 0 Å². The molecule has 0 N–H and O–H groups in total. The highest BCUT2D eigenvalue weighted by molar-refractivity contribution is 5.79. The van der Waals surface area contributed by atoms with Gasteiger partial charge in [-0.15, -0.1) is 0 Å². The maximum atomic E-state index is 11.2. The summed E-state index contributed by atoms with van der Waals surface area (Å²) >= 11 is 0. The molecular weight excluding hydrogens is 136 g/mol. The normalized spacial score (nSPS) is 41.1. The standard InChI is InChI=1S/C10H16O/c1-10(2)7-3-4-9(11)6-8(10)5-7/h7-8H,3-6H2,1-2H3. The Kier molecular flexibility index (Phi) is 1.39. The first-order chi connectivity index (χ1) is 5.10. The van der Waals surface area contributed by atoms with Crippen molar-refractivity contribution in [3.8, 4) is 0 Å².